The first kappa shape index (κ1) is 23.6. The van der Waals surface area contributed by atoms with Crippen molar-refractivity contribution in [3.8, 4) is 10.7 Å². The van der Waals surface area contributed by atoms with Gasteiger partial charge in [-0.25, -0.2) is 8.42 Å². The molecule has 1 fully saturated rings. The van der Waals surface area contributed by atoms with Crippen LogP contribution in [0.15, 0.2) is 51.2 Å². The normalized spacial score (nSPS) is 17.2. The summed E-state index contributed by atoms with van der Waals surface area (Å²) in [6.45, 7) is 5.27. The van der Waals surface area contributed by atoms with E-state index in [-0.39, 0.29) is 23.9 Å². The number of thiophene rings is 1. The molecule has 3 heterocycles. The Morgan fingerprint density at radius 1 is 1.27 bits per heavy atom. The van der Waals surface area contributed by atoms with Crippen LogP contribution in [0.4, 0.5) is 0 Å². The molecule has 0 saturated carbocycles. The molecule has 33 heavy (non-hydrogen) atoms. The Kier molecular flexibility index (Phi) is 7.26. The van der Waals surface area contributed by atoms with Crippen molar-refractivity contribution in [3.05, 3.63) is 53.2 Å². The van der Waals surface area contributed by atoms with Crippen LogP contribution >= 0.6 is 11.3 Å². The number of aryl methyl sites for hydroxylation is 1. The minimum absolute atomic E-state index is 0.0727. The molecular weight excluding hydrogens is 460 g/mol. The van der Waals surface area contributed by atoms with E-state index in [1.54, 1.807) is 29.2 Å². The Balaban J connectivity index is 1.47. The van der Waals surface area contributed by atoms with Gasteiger partial charge in [0.15, 0.2) is 0 Å². The Labute approximate surface area is 198 Å². The van der Waals surface area contributed by atoms with Crippen molar-refractivity contribution >= 4 is 27.3 Å². The van der Waals surface area contributed by atoms with Gasteiger partial charge >= 0.3 is 0 Å². The molecule has 1 aromatic carbocycles. The monoisotopic (exact) mass is 488 g/mol. The first-order valence-electron chi connectivity index (χ1n) is 11.1. The van der Waals surface area contributed by atoms with E-state index in [0.717, 1.165) is 16.9 Å². The summed E-state index contributed by atoms with van der Waals surface area (Å²) in [6.07, 6.45) is 2.07. The molecule has 1 amide bonds. The number of amides is 1. The summed E-state index contributed by atoms with van der Waals surface area (Å²) in [7, 11) is -3.64. The maximum absolute atomic E-state index is 13.4. The number of hydrogen-bond donors (Lipinski definition) is 0. The number of benzene rings is 1. The van der Waals surface area contributed by atoms with Crippen LogP contribution in [0.25, 0.3) is 10.7 Å². The van der Waals surface area contributed by atoms with Crippen LogP contribution in [-0.4, -0.2) is 53.3 Å². The summed E-state index contributed by atoms with van der Waals surface area (Å²) in [5.41, 5.74) is 0.999. The molecule has 2 aromatic heterocycles. The number of rotatable bonds is 8. The molecule has 0 aliphatic carbocycles. The van der Waals surface area contributed by atoms with Crippen LogP contribution in [-0.2, 0) is 21.4 Å². The lowest BCUT2D eigenvalue weighted by molar-refractivity contribution is -0.137. The molecule has 0 spiro atoms. The molecule has 4 rings (SSSR count). The molecule has 0 unspecified atom stereocenters. The fourth-order valence-corrected chi connectivity index (χ4v) is 6.18. The highest BCUT2D eigenvalue weighted by molar-refractivity contribution is 7.89. The fourth-order valence-electron chi connectivity index (χ4n) is 4.01. The summed E-state index contributed by atoms with van der Waals surface area (Å²) >= 11 is 1.52. The maximum atomic E-state index is 13.4. The second-order valence-corrected chi connectivity index (χ2v) is 11.1. The van der Waals surface area contributed by atoms with Gasteiger partial charge in [-0.3, -0.25) is 4.79 Å². The van der Waals surface area contributed by atoms with Gasteiger partial charge in [0.25, 0.3) is 0 Å². The van der Waals surface area contributed by atoms with E-state index in [4.69, 9.17) is 4.52 Å². The Morgan fingerprint density at radius 3 is 2.76 bits per heavy atom. The zero-order valence-corrected chi connectivity index (χ0v) is 20.4. The largest absolute Gasteiger partial charge is 0.337 e. The minimum Gasteiger partial charge on any atom is -0.337 e. The molecule has 8 nitrogen and oxygen atoms in total. The van der Waals surface area contributed by atoms with Crippen LogP contribution in [0.3, 0.4) is 0 Å². The minimum atomic E-state index is -3.64. The Morgan fingerprint density at radius 2 is 2.06 bits per heavy atom. The van der Waals surface area contributed by atoms with Crippen LogP contribution in [0.5, 0.6) is 0 Å². The van der Waals surface area contributed by atoms with Crippen molar-refractivity contribution in [1.82, 2.24) is 19.3 Å². The molecule has 1 atom stereocenters. The van der Waals surface area contributed by atoms with Crippen LogP contribution < -0.4 is 0 Å². The van der Waals surface area contributed by atoms with Gasteiger partial charge in [0.1, 0.15) is 0 Å². The molecule has 0 N–H and O–H groups in total. The van der Waals surface area contributed by atoms with Crippen molar-refractivity contribution in [2.24, 2.45) is 5.92 Å². The highest BCUT2D eigenvalue weighted by atomic mass is 32.2. The third-order valence-electron chi connectivity index (χ3n) is 5.73. The highest BCUT2D eigenvalue weighted by Crippen LogP contribution is 2.26. The quantitative estimate of drug-likeness (QED) is 0.476. The number of carbonyl (C=O) groups excluding carboxylic acids is 1. The van der Waals surface area contributed by atoms with Gasteiger partial charge in [-0.15, -0.1) is 11.3 Å². The van der Waals surface area contributed by atoms with E-state index < -0.39 is 15.9 Å². The maximum Gasteiger partial charge on any atom is 0.246 e. The van der Waals surface area contributed by atoms with Gasteiger partial charge in [-0.1, -0.05) is 35.8 Å². The second kappa shape index (κ2) is 10.1. The topological polar surface area (TPSA) is 96.6 Å². The standard InChI is InChI=1S/C23H28N4O4S2/c1-3-12-26(16-21-24-22(25-31-21)20-7-5-14-32-20)23(28)18-6-4-13-27(15-18)33(29,30)19-10-8-17(2)9-11-19/h5,7-11,14,18H,3-4,6,12-13,15-16H2,1-2H3/t18-/m0/s1. The van der Waals surface area contributed by atoms with E-state index in [9.17, 15) is 13.2 Å². The predicted molar refractivity (Wildman–Crippen MR) is 126 cm³/mol. The summed E-state index contributed by atoms with van der Waals surface area (Å²) in [6, 6.07) is 10.7. The van der Waals surface area contributed by atoms with Crippen LogP contribution in [0.2, 0.25) is 0 Å². The lowest BCUT2D eigenvalue weighted by atomic mass is 9.98. The van der Waals surface area contributed by atoms with Crippen molar-refractivity contribution in [2.75, 3.05) is 19.6 Å². The number of sulfonamides is 1. The predicted octanol–water partition coefficient (Wildman–Crippen LogP) is 3.95. The zero-order chi connectivity index (χ0) is 23.4. The van der Waals surface area contributed by atoms with Crippen molar-refractivity contribution in [1.29, 1.82) is 0 Å². The number of aromatic nitrogens is 2. The number of nitrogens with zero attached hydrogens (tertiary/aromatic N) is 4. The molecule has 10 heteroatoms. The van der Waals surface area contributed by atoms with Crippen molar-refractivity contribution in [2.45, 2.75) is 44.6 Å². The molecule has 1 saturated heterocycles. The van der Waals surface area contributed by atoms with E-state index in [1.165, 1.54) is 15.6 Å². The number of carbonyl (C=O) groups is 1. The first-order valence-corrected chi connectivity index (χ1v) is 13.4. The third-order valence-corrected chi connectivity index (χ3v) is 8.48. The summed E-state index contributed by atoms with van der Waals surface area (Å²) in [5, 5.41) is 5.97. The van der Waals surface area contributed by atoms with Gasteiger partial charge in [-0.05, 0) is 49.8 Å². The molecule has 0 bridgehead atoms. The second-order valence-electron chi connectivity index (χ2n) is 8.26. The SMILES string of the molecule is CCCN(Cc1nc(-c2cccs2)no1)C(=O)[C@H]1CCCN(S(=O)(=O)c2ccc(C)cc2)C1. The van der Waals surface area contributed by atoms with E-state index in [2.05, 4.69) is 10.1 Å². The molecular formula is C23H28N4O4S2. The summed E-state index contributed by atoms with van der Waals surface area (Å²) in [5.74, 6) is 0.416. The number of piperidine rings is 1. The van der Waals surface area contributed by atoms with E-state index in [0.29, 0.717) is 37.6 Å². The average Bonchev–Trinajstić information content (AvgIpc) is 3.51. The molecule has 1 aliphatic rings. The molecule has 176 valence electrons. The lowest BCUT2D eigenvalue weighted by Gasteiger charge is -2.34. The van der Waals surface area contributed by atoms with Gasteiger partial charge < -0.3 is 9.42 Å². The zero-order valence-electron chi connectivity index (χ0n) is 18.8. The van der Waals surface area contributed by atoms with Crippen LogP contribution in [0.1, 0.15) is 37.6 Å². The van der Waals surface area contributed by atoms with E-state index in [1.807, 2.05) is 31.4 Å². The van der Waals surface area contributed by atoms with Gasteiger partial charge in [-0.2, -0.15) is 9.29 Å². The molecule has 1 aliphatic heterocycles. The van der Waals surface area contributed by atoms with Crippen molar-refractivity contribution in [3.63, 3.8) is 0 Å². The Bertz CT molecular complexity index is 1170. The Hall–Kier alpha value is -2.56. The lowest BCUT2D eigenvalue weighted by Crippen LogP contribution is -2.46. The first-order chi connectivity index (χ1) is 15.9. The number of hydrogen-bond acceptors (Lipinski definition) is 7. The summed E-state index contributed by atoms with van der Waals surface area (Å²) < 4.78 is 33.1. The van der Waals surface area contributed by atoms with Gasteiger partial charge in [0, 0.05) is 19.6 Å². The highest BCUT2D eigenvalue weighted by Gasteiger charge is 2.35. The van der Waals surface area contributed by atoms with Crippen LogP contribution in [0, 0.1) is 12.8 Å². The van der Waals surface area contributed by atoms with Gasteiger partial charge in [0.05, 0.1) is 22.2 Å². The third kappa shape index (κ3) is 5.34. The van der Waals surface area contributed by atoms with Crippen molar-refractivity contribution < 1.29 is 17.7 Å². The summed E-state index contributed by atoms with van der Waals surface area (Å²) in [4.78, 5) is 20.7. The molecule has 3 aromatic rings. The van der Waals surface area contributed by atoms with E-state index >= 15 is 0 Å². The fraction of sp³-hybridized carbons (Fsp3) is 0.435. The smallest absolute Gasteiger partial charge is 0.246 e. The molecule has 0 radical (unpaired) electrons. The van der Waals surface area contributed by atoms with Gasteiger partial charge in [0.2, 0.25) is 27.6 Å². The average molecular weight is 489 g/mol.